The molecule has 0 aliphatic rings. The number of ether oxygens (including phenoxy) is 1. The topological polar surface area (TPSA) is 67.3 Å². The van der Waals surface area contributed by atoms with Crippen molar-refractivity contribution in [3.8, 4) is 0 Å². The molecule has 5 nitrogen and oxygen atoms in total. The molecule has 1 rings (SSSR count). The van der Waals surface area contributed by atoms with Crippen LogP contribution in [-0.4, -0.2) is 41.1 Å². The molecule has 0 amide bonds. The van der Waals surface area contributed by atoms with Crippen LogP contribution in [0.25, 0.3) is 0 Å². The number of aliphatic hydroxyl groups excluding tert-OH is 1. The quantitative estimate of drug-likeness (QED) is 0.570. The minimum absolute atomic E-state index is 0.197. The van der Waals surface area contributed by atoms with E-state index in [0.717, 1.165) is 17.3 Å². The first-order chi connectivity index (χ1) is 8.19. The highest BCUT2D eigenvalue weighted by Crippen LogP contribution is 2.25. The van der Waals surface area contributed by atoms with Crippen molar-refractivity contribution in [3.05, 3.63) is 11.9 Å². The lowest BCUT2D eigenvalue weighted by atomic mass is 10.3. The fourth-order valence-electron chi connectivity index (χ4n) is 1.30. The Bertz CT molecular complexity index is 349. The Balaban J connectivity index is 2.79. The van der Waals surface area contributed by atoms with Gasteiger partial charge in [-0.15, -0.1) is 11.8 Å². The first kappa shape index (κ1) is 14.2. The zero-order valence-corrected chi connectivity index (χ0v) is 11.3. The van der Waals surface area contributed by atoms with Crippen LogP contribution in [0, 0.1) is 0 Å². The van der Waals surface area contributed by atoms with Crippen molar-refractivity contribution in [3.63, 3.8) is 0 Å². The zero-order chi connectivity index (χ0) is 12.7. The second kappa shape index (κ2) is 7.47. The monoisotopic (exact) mass is 257 g/mol. The number of hydrogen-bond acceptors (Lipinski definition) is 6. The minimum Gasteiger partial charge on any atom is -0.396 e. The molecule has 0 saturated heterocycles. The normalized spacial score (nSPS) is 12.5. The van der Waals surface area contributed by atoms with Crippen LogP contribution >= 0.6 is 11.8 Å². The van der Waals surface area contributed by atoms with Gasteiger partial charge in [0.25, 0.3) is 0 Å². The molecule has 0 spiro atoms. The van der Waals surface area contributed by atoms with Gasteiger partial charge in [-0.2, -0.15) is 0 Å². The van der Waals surface area contributed by atoms with Crippen LogP contribution < -0.4 is 5.32 Å². The lowest BCUT2D eigenvalue weighted by molar-refractivity contribution is 0.177. The SMILES string of the molecule is CNc1cc(SC(C)CCO)nc(COC)n1. The maximum absolute atomic E-state index is 8.88. The smallest absolute Gasteiger partial charge is 0.157 e. The van der Waals surface area contributed by atoms with Crippen LogP contribution in [0.5, 0.6) is 0 Å². The van der Waals surface area contributed by atoms with Crippen LogP contribution in [0.15, 0.2) is 11.1 Å². The summed E-state index contributed by atoms with van der Waals surface area (Å²) in [6.07, 6.45) is 0.753. The van der Waals surface area contributed by atoms with E-state index in [1.807, 2.05) is 13.1 Å². The molecule has 0 fully saturated rings. The summed E-state index contributed by atoms with van der Waals surface area (Å²) in [4.78, 5) is 8.68. The number of aliphatic hydroxyl groups is 1. The van der Waals surface area contributed by atoms with Crippen molar-refractivity contribution >= 4 is 17.6 Å². The molecule has 0 aliphatic carbocycles. The van der Waals surface area contributed by atoms with Gasteiger partial charge in [-0.1, -0.05) is 6.92 Å². The molecule has 0 aromatic carbocycles. The summed E-state index contributed by atoms with van der Waals surface area (Å²) < 4.78 is 5.03. The molecule has 96 valence electrons. The van der Waals surface area contributed by atoms with Crippen molar-refractivity contribution in [1.29, 1.82) is 0 Å². The summed E-state index contributed by atoms with van der Waals surface area (Å²) in [5.74, 6) is 1.45. The van der Waals surface area contributed by atoms with Crippen LogP contribution in [0.4, 0.5) is 5.82 Å². The summed E-state index contributed by atoms with van der Waals surface area (Å²) in [7, 11) is 3.45. The molecule has 1 aromatic rings. The summed E-state index contributed by atoms with van der Waals surface area (Å²) >= 11 is 1.63. The van der Waals surface area contributed by atoms with E-state index in [2.05, 4.69) is 22.2 Å². The van der Waals surface area contributed by atoms with Gasteiger partial charge in [0, 0.05) is 32.1 Å². The molecule has 2 N–H and O–H groups in total. The van der Waals surface area contributed by atoms with Crippen LogP contribution in [-0.2, 0) is 11.3 Å². The number of rotatable bonds is 7. The molecule has 17 heavy (non-hydrogen) atoms. The molecule has 6 heteroatoms. The maximum atomic E-state index is 8.88. The van der Waals surface area contributed by atoms with E-state index in [4.69, 9.17) is 9.84 Å². The predicted molar refractivity (Wildman–Crippen MR) is 69.3 cm³/mol. The molecular formula is C11H19N3O2S. The first-order valence-electron chi connectivity index (χ1n) is 5.51. The van der Waals surface area contributed by atoms with Crippen LogP contribution in [0.3, 0.4) is 0 Å². The van der Waals surface area contributed by atoms with Crippen LogP contribution in [0.2, 0.25) is 0 Å². The van der Waals surface area contributed by atoms with Gasteiger partial charge in [0.1, 0.15) is 17.5 Å². The van der Waals surface area contributed by atoms with E-state index in [0.29, 0.717) is 17.7 Å². The first-order valence-corrected chi connectivity index (χ1v) is 6.39. The number of methoxy groups -OCH3 is 1. The summed E-state index contributed by atoms with van der Waals surface area (Å²) in [5, 5.41) is 13.1. The second-order valence-electron chi connectivity index (χ2n) is 3.63. The average molecular weight is 257 g/mol. The average Bonchev–Trinajstić information content (AvgIpc) is 2.29. The number of anilines is 1. The minimum atomic E-state index is 0.197. The molecule has 1 atom stereocenters. The van der Waals surface area contributed by atoms with Gasteiger partial charge in [0.2, 0.25) is 0 Å². The molecule has 0 radical (unpaired) electrons. The van der Waals surface area contributed by atoms with Crippen molar-refractivity contribution in [1.82, 2.24) is 9.97 Å². The predicted octanol–water partition coefficient (Wildman–Crippen LogP) is 1.53. The van der Waals surface area contributed by atoms with E-state index in [1.165, 1.54) is 0 Å². The van der Waals surface area contributed by atoms with Crippen molar-refractivity contribution in [2.75, 3.05) is 26.1 Å². The number of nitrogens with one attached hydrogen (secondary N) is 1. The molecular weight excluding hydrogens is 238 g/mol. The molecule has 1 heterocycles. The van der Waals surface area contributed by atoms with Crippen molar-refractivity contribution < 1.29 is 9.84 Å². The van der Waals surface area contributed by atoms with E-state index >= 15 is 0 Å². The van der Waals surface area contributed by atoms with Gasteiger partial charge in [-0.3, -0.25) is 0 Å². The zero-order valence-electron chi connectivity index (χ0n) is 10.4. The Morgan fingerprint density at radius 3 is 2.88 bits per heavy atom. The molecule has 1 aromatic heterocycles. The number of aromatic nitrogens is 2. The number of nitrogens with zero attached hydrogens (tertiary/aromatic N) is 2. The van der Waals surface area contributed by atoms with Gasteiger partial charge in [-0.05, 0) is 6.42 Å². The van der Waals surface area contributed by atoms with Gasteiger partial charge in [0.05, 0.1) is 0 Å². The van der Waals surface area contributed by atoms with E-state index < -0.39 is 0 Å². The Hall–Kier alpha value is -0.850. The molecule has 0 bridgehead atoms. The highest BCUT2D eigenvalue weighted by atomic mass is 32.2. The Labute approximate surface area is 106 Å². The van der Waals surface area contributed by atoms with Crippen LogP contribution in [0.1, 0.15) is 19.2 Å². The van der Waals surface area contributed by atoms with Gasteiger partial charge in [0.15, 0.2) is 5.82 Å². The number of thioether (sulfide) groups is 1. The largest absolute Gasteiger partial charge is 0.396 e. The van der Waals surface area contributed by atoms with E-state index in [1.54, 1.807) is 18.9 Å². The molecule has 0 aliphatic heterocycles. The fourth-order valence-corrected chi connectivity index (χ4v) is 2.27. The summed E-state index contributed by atoms with van der Waals surface area (Å²) in [6.45, 7) is 2.67. The van der Waals surface area contributed by atoms with Crippen molar-refractivity contribution in [2.45, 2.75) is 30.2 Å². The Kier molecular flexibility index (Phi) is 6.25. The Morgan fingerprint density at radius 2 is 2.29 bits per heavy atom. The van der Waals surface area contributed by atoms with Crippen molar-refractivity contribution in [2.24, 2.45) is 0 Å². The van der Waals surface area contributed by atoms with Gasteiger partial charge >= 0.3 is 0 Å². The van der Waals surface area contributed by atoms with E-state index in [9.17, 15) is 0 Å². The van der Waals surface area contributed by atoms with E-state index in [-0.39, 0.29) is 6.61 Å². The maximum Gasteiger partial charge on any atom is 0.157 e. The summed E-state index contributed by atoms with van der Waals surface area (Å²) in [5.41, 5.74) is 0. The lowest BCUT2D eigenvalue weighted by Gasteiger charge is -2.11. The summed E-state index contributed by atoms with van der Waals surface area (Å²) in [6, 6.07) is 1.90. The second-order valence-corrected chi connectivity index (χ2v) is 5.09. The highest BCUT2D eigenvalue weighted by molar-refractivity contribution is 7.99. The van der Waals surface area contributed by atoms with Gasteiger partial charge in [-0.25, -0.2) is 9.97 Å². The molecule has 1 unspecified atom stereocenters. The highest BCUT2D eigenvalue weighted by Gasteiger charge is 2.08. The van der Waals surface area contributed by atoms with Gasteiger partial charge < -0.3 is 15.2 Å². The third kappa shape index (κ3) is 4.89. The third-order valence-electron chi connectivity index (χ3n) is 2.14. The number of hydrogen-bond donors (Lipinski definition) is 2. The molecule has 0 saturated carbocycles. The lowest BCUT2D eigenvalue weighted by Crippen LogP contribution is -2.05. The third-order valence-corrected chi connectivity index (χ3v) is 3.22. The Morgan fingerprint density at radius 1 is 1.53 bits per heavy atom. The fraction of sp³-hybridized carbons (Fsp3) is 0.636. The standard InChI is InChI=1S/C11H19N3O2S/c1-8(4-5-15)17-11-6-9(12-2)13-10(14-11)7-16-3/h6,8,15H,4-5,7H2,1-3H3,(H,12,13,14).